The average molecular weight is 459 g/mol. The summed E-state index contributed by atoms with van der Waals surface area (Å²) in [6, 6.07) is 11.0. The second-order valence-corrected chi connectivity index (χ2v) is 8.21. The predicted octanol–water partition coefficient (Wildman–Crippen LogP) is 3.73. The van der Waals surface area contributed by atoms with Crippen molar-refractivity contribution in [3.05, 3.63) is 64.2 Å². The van der Waals surface area contributed by atoms with Gasteiger partial charge in [-0.2, -0.15) is 0 Å². The maximum absolute atomic E-state index is 13.1. The summed E-state index contributed by atoms with van der Waals surface area (Å²) in [5.74, 6) is -0.727. The van der Waals surface area contributed by atoms with Gasteiger partial charge >= 0.3 is 0 Å². The number of Topliss-reactive ketones (excluding diaryl/α,β-unsaturated/α-hetero) is 1. The zero-order valence-corrected chi connectivity index (χ0v) is 19.3. The molecule has 32 heavy (non-hydrogen) atoms. The first-order chi connectivity index (χ1) is 15.3. The normalized spacial score (nSPS) is 17.8. The monoisotopic (exact) mass is 458 g/mol. The van der Waals surface area contributed by atoms with E-state index < -0.39 is 17.7 Å². The minimum atomic E-state index is -0.720. The fourth-order valence-electron chi connectivity index (χ4n) is 3.80. The van der Waals surface area contributed by atoms with Gasteiger partial charge in [-0.15, -0.1) is 0 Å². The standard InChI is InChI=1S/C24H27ClN2O5/c1-26(2)12-5-13-27-21(15-6-9-17(25)10-7-15)20(23(29)24(27)30)22(28)16-8-11-18(31-3)19(14-16)32-4/h6-11,14,21,28H,5,12-13H2,1-4H3/t21-/m1/s1. The van der Waals surface area contributed by atoms with E-state index in [-0.39, 0.29) is 11.3 Å². The Kier molecular flexibility index (Phi) is 7.43. The number of hydrogen-bond acceptors (Lipinski definition) is 6. The number of nitrogens with zero attached hydrogens (tertiary/aromatic N) is 2. The molecule has 0 bridgehead atoms. The van der Waals surface area contributed by atoms with Gasteiger partial charge in [-0.25, -0.2) is 0 Å². The van der Waals surface area contributed by atoms with E-state index >= 15 is 0 Å². The van der Waals surface area contributed by atoms with Crippen LogP contribution in [0.5, 0.6) is 11.5 Å². The Hall–Kier alpha value is -3.03. The maximum atomic E-state index is 13.1. The zero-order chi connectivity index (χ0) is 23.4. The number of carbonyl (C=O) groups is 2. The number of carbonyl (C=O) groups excluding carboxylic acids is 2. The summed E-state index contributed by atoms with van der Waals surface area (Å²) in [6.45, 7) is 1.13. The molecule has 0 spiro atoms. The quantitative estimate of drug-likeness (QED) is 0.369. The van der Waals surface area contributed by atoms with Crippen molar-refractivity contribution < 1.29 is 24.2 Å². The lowest BCUT2D eigenvalue weighted by atomic mass is 9.95. The number of benzene rings is 2. The first-order valence-corrected chi connectivity index (χ1v) is 10.6. The van der Waals surface area contributed by atoms with Crippen molar-refractivity contribution in [2.45, 2.75) is 12.5 Å². The van der Waals surface area contributed by atoms with Crippen molar-refractivity contribution in [2.24, 2.45) is 0 Å². The van der Waals surface area contributed by atoms with Gasteiger partial charge in [0, 0.05) is 17.1 Å². The third-order valence-corrected chi connectivity index (χ3v) is 5.64. The molecular formula is C24H27ClN2O5. The van der Waals surface area contributed by atoms with E-state index in [1.54, 1.807) is 42.5 Å². The lowest BCUT2D eigenvalue weighted by Gasteiger charge is -2.26. The number of amides is 1. The number of halogens is 1. The van der Waals surface area contributed by atoms with Crippen molar-refractivity contribution in [3.8, 4) is 11.5 Å². The Labute approximate surface area is 192 Å². The van der Waals surface area contributed by atoms with E-state index in [1.807, 2.05) is 19.0 Å². The zero-order valence-electron chi connectivity index (χ0n) is 18.6. The highest BCUT2D eigenvalue weighted by Gasteiger charge is 2.45. The van der Waals surface area contributed by atoms with Crippen LogP contribution in [0.2, 0.25) is 5.02 Å². The summed E-state index contributed by atoms with van der Waals surface area (Å²) in [7, 11) is 6.89. The van der Waals surface area contributed by atoms with Gasteiger partial charge in [-0.05, 0) is 63.0 Å². The van der Waals surface area contributed by atoms with Gasteiger partial charge in [-0.1, -0.05) is 23.7 Å². The maximum Gasteiger partial charge on any atom is 0.295 e. The Morgan fingerprint density at radius 3 is 2.31 bits per heavy atom. The van der Waals surface area contributed by atoms with Crippen LogP contribution in [0, 0.1) is 0 Å². The molecule has 0 aromatic heterocycles. The molecule has 1 fully saturated rings. The number of methoxy groups -OCH3 is 2. The molecule has 1 amide bonds. The molecule has 0 unspecified atom stereocenters. The van der Waals surface area contributed by atoms with Gasteiger partial charge < -0.3 is 24.4 Å². The van der Waals surface area contributed by atoms with Crippen LogP contribution in [0.1, 0.15) is 23.6 Å². The lowest BCUT2D eigenvalue weighted by molar-refractivity contribution is -0.139. The van der Waals surface area contributed by atoms with E-state index in [1.165, 1.54) is 19.1 Å². The lowest BCUT2D eigenvalue weighted by Crippen LogP contribution is -2.32. The molecule has 0 radical (unpaired) electrons. The minimum absolute atomic E-state index is 0.0365. The molecule has 7 nitrogen and oxygen atoms in total. The molecule has 1 aliphatic heterocycles. The molecule has 8 heteroatoms. The summed E-state index contributed by atoms with van der Waals surface area (Å²) in [5, 5.41) is 11.7. The largest absolute Gasteiger partial charge is 0.507 e. The van der Waals surface area contributed by atoms with Crippen molar-refractivity contribution in [1.82, 2.24) is 9.80 Å². The van der Waals surface area contributed by atoms with Crippen molar-refractivity contribution in [2.75, 3.05) is 41.4 Å². The summed E-state index contributed by atoms with van der Waals surface area (Å²) < 4.78 is 10.6. The van der Waals surface area contributed by atoms with Gasteiger partial charge in [0.2, 0.25) is 0 Å². The molecule has 1 saturated heterocycles. The van der Waals surface area contributed by atoms with Crippen LogP contribution in [-0.2, 0) is 9.59 Å². The number of hydrogen-bond donors (Lipinski definition) is 1. The fourth-order valence-corrected chi connectivity index (χ4v) is 3.92. The van der Waals surface area contributed by atoms with Crippen LogP contribution in [-0.4, -0.2) is 68.0 Å². The van der Waals surface area contributed by atoms with E-state index in [0.717, 1.165) is 6.54 Å². The molecule has 1 atom stereocenters. The Bertz CT molecular complexity index is 1030. The van der Waals surface area contributed by atoms with Crippen molar-refractivity contribution in [1.29, 1.82) is 0 Å². The molecule has 2 aromatic carbocycles. The highest BCUT2D eigenvalue weighted by atomic mass is 35.5. The summed E-state index contributed by atoms with van der Waals surface area (Å²) in [6.07, 6.45) is 0.681. The van der Waals surface area contributed by atoms with E-state index in [4.69, 9.17) is 21.1 Å². The van der Waals surface area contributed by atoms with Gasteiger partial charge in [0.15, 0.2) is 11.5 Å². The second-order valence-electron chi connectivity index (χ2n) is 7.77. The SMILES string of the molecule is COc1ccc(C(O)=C2C(=O)C(=O)N(CCCN(C)C)[C@@H]2c2ccc(Cl)cc2)cc1OC. The third kappa shape index (κ3) is 4.74. The number of likely N-dealkylation sites (tertiary alicyclic amines) is 1. The number of ether oxygens (including phenoxy) is 2. The van der Waals surface area contributed by atoms with Gasteiger partial charge in [0.05, 0.1) is 25.8 Å². The van der Waals surface area contributed by atoms with Crippen LogP contribution in [0.3, 0.4) is 0 Å². The molecule has 2 aromatic rings. The Balaban J connectivity index is 2.11. The molecular weight excluding hydrogens is 432 g/mol. The van der Waals surface area contributed by atoms with Crippen LogP contribution in [0.4, 0.5) is 0 Å². The second kappa shape index (κ2) is 10.1. The summed E-state index contributed by atoms with van der Waals surface area (Å²) >= 11 is 6.05. The highest BCUT2D eigenvalue weighted by molar-refractivity contribution is 6.46. The van der Waals surface area contributed by atoms with Crippen molar-refractivity contribution in [3.63, 3.8) is 0 Å². The number of rotatable bonds is 8. The highest BCUT2D eigenvalue weighted by Crippen LogP contribution is 2.41. The van der Waals surface area contributed by atoms with Crippen molar-refractivity contribution >= 4 is 29.1 Å². The van der Waals surface area contributed by atoms with Crippen LogP contribution < -0.4 is 9.47 Å². The van der Waals surface area contributed by atoms with E-state index in [2.05, 4.69) is 0 Å². The Morgan fingerprint density at radius 2 is 1.72 bits per heavy atom. The molecule has 1 aliphatic rings. The first kappa shape index (κ1) is 23.6. The molecule has 1 N–H and O–H groups in total. The predicted molar refractivity (Wildman–Crippen MR) is 123 cm³/mol. The molecule has 0 aliphatic carbocycles. The smallest absolute Gasteiger partial charge is 0.295 e. The van der Waals surface area contributed by atoms with E-state index in [9.17, 15) is 14.7 Å². The average Bonchev–Trinajstić information content (AvgIpc) is 3.03. The van der Waals surface area contributed by atoms with Gasteiger partial charge in [-0.3, -0.25) is 9.59 Å². The topological polar surface area (TPSA) is 79.3 Å². The molecule has 1 heterocycles. The summed E-state index contributed by atoms with van der Waals surface area (Å²) in [4.78, 5) is 29.5. The molecule has 0 saturated carbocycles. The van der Waals surface area contributed by atoms with E-state index in [0.29, 0.717) is 40.6 Å². The number of aliphatic hydroxyl groups is 1. The Morgan fingerprint density at radius 1 is 1.06 bits per heavy atom. The molecule has 170 valence electrons. The van der Waals surface area contributed by atoms with Crippen LogP contribution in [0.25, 0.3) is 5.76 Å². The number of ketones is 1. The number of aliphatic hydroxyl groups excluding tert-OH is 1. The fraction of sp³-hybridized carbons (Fsp3) is 0.333. The summed E-state index contributed by atoms with van der Waals surface area (Å²) in [5.41, 5.74) is 1.09. The van der Waals surface area contributed by atoms with Gasteiger partial charge in [0.1, 0.15) is 5.76 Å². The van der Waals surface area contributed by atoms with Crippen LogP contribution >= 0.6 is 11.6 Å². The minimum Gasteiger partial charge on any atom is -0.507 e. The van der Waals surface area contributed by atoms with Crippen LogP contribution in [0.15, 0.2) is 48.0 Å². The third-order valence-electron chi connectivity index (χ3n) is 5.39. The molecule has 3 rings (SSSR count). The first-order valence-electron chi connectivity index (χ1n) is 10.2. The van der Waals surface area contributed by atoms with Gasteiger partial charge in [0.25, 0.3) is 11.7 Å².